The molecule has 0 aromatic heterocycles. The third-order valence-electron chi connectivity index (χ3n) is 2.59. The Morgan fingerprint density at radius 2 is 2.00 bits per heavy atom. The number of amides is 1. The highest BCUT2D eigenvalue weighted by Crippen LogP contribution is 2.22. The Labute approximate surface area is 114 Å². The molecule has 0 aliphatic rings. The zero-order chi connectivity index (χ0) is 15.3. The zero-order valence-electron chi connectivity index (χ0n) is 11.1. The quantitative estimate of drug-likeness (QED) is 0.791. The van der Waals surface area contributed by atoms with Crippen LogP contribution >= 0.6 is 0 Å². The Bertz CT molecular complexity index is 477. The van der Waals surface area contributed by atoms with E-state index in [1.807, 2.05) is 12.2 Å². The molecule has 7 heteroatoms. The van der Waals surface area contributed by atoms with Crippen molar-refractivity contribution in [3.63, 3.8) is 0 Å². The van der Waals surface area contributed by atoms with Crippen molar-refractivity contribution in [2.45, 2.75) is 26.2 Å². The molecule has 0 bridgehead atoms. The maximum Gasteiger partial charge on any atom is 0.324 e. The van der Waals surface area contributed by atoms with Crippen LogP contribution in [0.1, 0.15) is 22.8 Å². The van der Waals surface area contributed by atoms with Gasteiger partial charge in [-0.1, -0.05) is 11.6 Å². The average molecular weight is 292 g/mol. The van der Waals surface area contributed by atoms with Gasteiger partial charge in [0.05, 0.1) is 12.1 Å². The second-order valence-corrected chi connectivity index (χ2v) is 4.32. The molecule has 0 heterocycles. The maximum absolute atomic E-state index is 12.8. The lowest BCUT2D eigenvalue weighted by Gasteiger charge is -2.17. The number of alkyl halides is 4. The number of halogens is 4. The molecule has 0 radical (unpaired) electrons. The van der Waals surface area contributed by atoms with E-state index in [0.717, 1.165) is 5.56 Å². The molecular weight excluding hydrogens is 276 g/mol. The third kappa shape index (κ3) is 4.11. The number of hydrogen-bond donors (Lipinski definition) is 2. The second-order valence-electron chi connectivity index (χ2n) is 4.32. The second kappa shape index (κ2) is 6.58. The van der Waals surface area contributed by atoms with Crippen LogP contribution in [0.5, 0.6) is 0 Å². The molecule has 0 unspecified atom stereocenters. The molecule has 1 aromatic rings. The van der Waals surface area contributed by atoms with E-state index in [1.165, 1.54) is 6.07 Å². The minimum atomic E-state index is -4.24. The van der Waals surface area contributed by atoms with Gasteiger partial charge < -0.3 is 10.6 Å². The molecule has 0 saturated heterocycles. The van der Waals surface area contributed by atoms with Gasteiger partial charge in [-0.3, -0.25) is 4.79 Å². The summed E-state index contributed by atoms with van der Waals surface area (Å²) in [6.07, 6.45) is -3.81. The summed E-state index contributed by atoms with van der Waals surface area (Å²) in [5.41, 5.74) is 1.38. The van der Waals surface area contributed by atoms with Crippen LogP contribution in [-0.2, 0) is 0 Å². The first kappa shape index (κ1) is 16.3. The first-order valence-corrected chi connectivity index (χ1v) is 6.06. The van der Waals surface area contributed by atoms with Crippen molar-refractivity contribution in [2.75, 3.05) is 18.4 Å². The number of carbonyl (C=O) groups excluding carboxylic acids is 1. The third-order valence-corrected chi connectivity index (χ3v) is 2.59. The molecule has 3 nitrogen and oxygen atoms in total. The summed E-state index contributed by atoms with van der Waals surface area (Å²) in [7, 11) is 0. The van der Waals surface area contributed by atoms with E-state index < -0.39 is 24.8 Å². The Morgan fingerprint density at radius 3 is 2.55 bits per heavy atom. The SMILES string of the molecule is CCNc1ccc(C)cc1C(=O)NCC(F)(F)C(F)F. The largest absolute Gasteiger partial charge is 0.385 e. The lowest BCUT2D eigenvalue weighted by molar-refractivity contribution is -0.123. The first-order chi connectivity index (χ1) is 9.27. The topological polar surface area (TPSA) is 41.1 Å². The zero-order valence-corrected chi connectivity index (χ0v) is 11.1. The average Bonchev–Trinajstić information content (AvgIpc) is 2.38. The van der Waals surface area contributed by atoms with Crippen molar-refractivity contribution in [1.82, 2.24) is 5.32 Å². The van der Waals surface area contributed by atoms with Crippen LogP contribution in [0.15, 0.2) is 18.2 Å². The molecule has 112 valence electrons. The van der Waals surface area contributed by atoms with Crippen molar-refractivity contribution in [2.24, 2.45) is 0 Å². The predicted octanol–water partition coefficient (Wildman–Crippen LogP) is 3.06. The van der Waals surface area contributed by atoms with Gasteiger partial charge in [0.1, 0.15) is 0 Å². The number of anilines is 1. The molecule has 0 aliphatic carbocycles. The summed E-state index contributed by atoms with van der Waals surface area (Å²) in [6, 6.07) is 4.90. The molecule has 0 saturated carbocycles. The van der Waals surface area contributed by atoms with Crippen LogP contribution in [0.4, 0.5) is 23.2 Å². The molecule has 1 rings (SSSR count). The lowest BCUT2D eigenvalue weighted by atomic mass is 10.1. The van der Waals surface area contributed by atoms with Gasteiger partial charge in [0.25, 0.3) is 5.91 Å². The predicted molar refractivity (Wildman–Crippen MR) is 68.6 cm³/mol. The highest BCUT2D eigenvalue weighted by molar-refractivity contribution is 5.99. The van der Waals surface area contributed by atoms with Crippen LogP contribution < -0.4 is 10.6 Å². The Kier molecular flexibility index (Phi) is 5.35. The standard InChI is InChI=1S/C13H16F4N2O/c1-3-18-10-5-4-8(2)6-9(10)11(20)19-7-13(16,17)12(14)15/h4-6,12,18H,3,7H2,1-2H3,(H,19,20). The van der Waals surface area contributed by atoms with Crippen LogP contribution in [0.2, 0.25) is 0 Å². The number of benzene rings is 1. The fourth-order valence-corrected chi connectivity index (χ4v) is 1.56. The van der Waals surface area contributed by atoms with E-state index in [-0.39, 0.29) is 5.56 Å². The van der Waals surface area contributed by atoms with Gasteiger partial charge in [0.15, 0.2) is 0 Å². The fraction of sp³-hybridized carbons (Fsp3) is 0.462. The van der Waals surface area contributed by atoms with Gasteiger partial charge in [-0.2, -0.15) is 8.78 Å². The highest BCUT2D eigenvalue weighted by Gasteiger charge is 2.40. The fourth-order valence-electron chi connectivity index (χ4n) is 1.56. The lowest BCUT2D eigenvalue weighted by Crippen LogP contribution is -2.41. The normalized spacial score (nSPS) is 11.6. The van der Waals surface area contributed by atoms with Gasteiger partial charge in [-0.05, 0) is 26.0 Å². The van der Waals surface area contributed by atoms with E-state index in [4.69, 9.17) is 0 Å². The highest BCUT2D eigenvalue weighted by atomic mass is 19.3. The Hall–Kier alpha value is -1.79. The van der Waals surface area contributed by atoms with Crippen LogP contribution in [-0.4, -0.2) is 31.3 Å². The van der Waals surface area contributed by atoms with Crippen LogP contribution in [0.25, 0.3) is 0 Å². The smallest absolute Gasteiger partial charge is 0.324 e. The van der Waals surface area contributed by atoms with Crippen molar-refractivity contribution in [3.8, 4) is 0 Å². The monoisotopic (exact) mass is 292 g/mol. The Morgan fingerprint density at radius 1 is 1.35 bits per heavy atom. The molecule has 20 heavy (non-hydrogen) atoms. The van der Waals surface area contributed by atoms with Crippen molar-refractivity contribution >= 4 is 11.6 Å². The molecule has 0 fully saturated rings. The van der Waals surface area contributed by atoms with Gasteiger partial charge in [0.2, 0.25) is 0 Å². The van der Waals surface area contributed by atoms with E-state index in [1.54, 1.807) is 19.1 Å². The van der Waals surface area contributed by atoms with E-state index in [9.17, 15) is 22.4 Å². The Balaban J connectivity index is 2.84. The summed E-state index contributed by atoms with van der Waals surface area (Å²) in [5.74, 6) is -5.05. The van der Waals surface area contributed by atoms with Crippen LogP contribution in [0.3, 0.4) is 0 Å². The summed E-state index contributed by atoms with van der Waals surface area (Å²) in [5, 5.41) is 4.75. The van der Waals surface area contributed by atoms with E-state index in [2.05, 4.69) is 5.32 Å². The molecule has 1 amide bonds. The molecule has 1 aromatic carbocycles. The summed E-state index contributed by atoms with van der Waals surface area (Å²) >= 11 is 0. The number of nitrogens with one attached hydrogen (secondary N) is 2. The van der Waals surface area contributed by atoms with Crippen LogP contribution in [0, 0.1) is 6.92 Å². The molecule has 0 atom stereocenters. The van der Waals surface area contributed by atoms with E-state index in [0.29, 0.717) is 12.2 Å². The number of carbonyl (C=O) groups is 1. The number of aryl methyl sites for hydroxylation is 1. The summed E-state index contributed by atoms with van der Waals surface area (Å²) < 4.78 is 49.6. The molecule has 0 spiro atoms. The maximum atomic E-state index is 12.8. The van der Waals surface area contributed by atoms with Gasteiger partial charge in [-0.15, -0.1) is 0 Å². The minimum Gasteiger partial charge on any atom is -0.385 e. The van der Waals surface area contributed by atoms with Gasteiger partial charge in [0, 0.05) is 12.2 Å². The van der Waals surface area contributed by atoms with Crippen molar-refractivity contribution < 1.29 is 22.4 Å². The minimum absolute atomic E-state index is 0.150. The van der Waals surface area contributed by atoms with E-state index >= 15 is 0 Å². The van der Waals surface area contributed by atoms with Crippen molar-refractivity contribution in [3.05, 3.63) is 29.3 Å². The first-order valence-electron chi connectivity index (χ1n) is 6.06. The van der Waals surface area contributed by atoms with Crippen molar-refractivity contribution in [1.29, 1.82) is 0 Å². The summed E-state index contributed by atoms with van der Waals surface area (Å²) in [4.78, 5) is 11.8. The van der Waals surface area contributed by atoms with Gasteiger partial charge >= 0.3 is 12.3 Å². The molecule has 2 N–H and O–H groups in total. The number of rotatable bonds is 6. The molecular formula is C13H16F4N2O. The van der Waals surface area contributed by atoms with Gasteiger partial charge in [-0.25, -0.2) is 8.78 Å². The summed E-state index contributed by atoms with van der Waals surface area (Å²) in [6.45, 7) is 2.69. The molecule has 0 aliphatic heterocycles. The number of hydrogen-bond acceptors (Lipinski definition) is 2.